The zero-order chi connectivity index (χ0) is 15.5. The maximum Gasteiger partial charge on any atom is 0.263 e. The summed E-state index contributed by atoms with van der Waals surface area (Å²) in [5.41, 5.74) is 0.787. The summed E-state index contributed by atoms with van der Waals surface area (Å²) in [5.74, 6) is 1.08. The quantitative estimate of drug-likeness (QED) is 0.884. The van der Waals surface area contributed by atoms with Gasteiger partial charge in [-0.3, -0.25) is 4.72 Å². The molecule has 5 nitrogen and oxygen atoms in total. The SMILES string of the molecule is Cc1csc(NS(=O)(=O)c2ccc(OCC(C)C)cc2)n1. The van der Waals surface area contributed by atoms with Gasteiger partial charge < -0.3 is 4.74 Å². The molecule has 0 aliphatic heterocycles. The summed E-state index contributed by atoms with van der Waals surface area (Å²) in [6.45, 7) is 6.52. The first kappa shape index (κ1) is 15.8. The number of nitrogens with zero attached hydrogens (tertiary/aromatic N) is 1. The summed E-state index contributed by atoms with van der Waals surface area (Å²) in [4.78, 5) is 4.28. The highest BCUT2D eigenvalue weighted by molar-refractivity contribution is 7.93. The molecule has 0 bridgehead atoms. The Kier molecular flexibility index (Phi) is 4.84. The molecule has 1 heterocycles. The molecule has 114 valence electrons. The second kappa shape index (κ2) is 6.44. The van der Waals surface area contributed by atoms with E-state index in [2.05, 4.69) is 23.6 Å². The lowest BCUT2D eigenvalue weighted by Crippen LogP contribution is -2.12. The van der Waals surface area contributed by atoms with E-state index in [1.807, 2.05) is 6.92 Å². The van der Waals surface area contributed by atoms with Crippen LogP contribution in [-0.2, 0) is 10.0 Å². The van der Waals surface area contributed by atoms with Crippen LogP contribution in [0.25, 0.3) is 0 Å². The molecular formula is C14H18N2O3S2. The first-order chi connectivity index (χ1) is 9.87. The van der Waals surface area contributed by atoms with Gasteiger partial charge in [-0.2, -0.15) is 0 Å². The lowest BCUT2D eigenvalue weighted by atomic mass is 10.2. The van der Waals surface area contributed by atoms with Gasteiger partial charge in [-0.25, -0.2) is 13.4 Å². The summed E-state index contributed by atoms with van der Waals surface area (Å²) in [6.07, 6.45) is 0. The molecule has 0 fully saturated rings. The van der Waals surface area contributed by atoms with Crippen LogP contribution >= 0.6 is 11.3 Å². The average molecular weight is 326 g/mol. The number of sulfonamides is 1. The zero-order valence-corrected chi connectivity index (χ0v) is 13.8. The van der Waals surface area contributed by atoms with Gasteiger partial charge in [-0.1, -0.05) is 13.8 Å². The van der Waals surface area contributed by atoms with Crippen molar-refractivity contribution in [1.29, 1.82) is 0 Å². The van der Waals surface area contributed by atoms with Crippen LogP contribution in [0.15, 0.2) is 34.5 Å². The summed E-state index contributed by atoms with van der Waals surface area (Å²) in [7, 11) is -3.61. The minimum Gasteiger partial charge on any atom is -0.493 e. The number of benzene rings is 1. The van der Waals surface area contributed by atoms with Crippen molar-refractivity contribution >= 4 is 26.5 Å². The van der Waals surface area contributed by atoms with Gasteiger partial charge in [0.25, 0.3) is 10.0 Å². The molecule has 2 aromatic rings. The Bertz CT molecular complexity index is 691. The molecule has 2 rings (SSSR count). The number of hydrogen-bond acceptors (Lipinski definition) is 5. The number of ether oxygens (including phenoxy) is 1. The van der Waals surface area contributed by atoms with Crippen LogP contribution in [0.1, 0.15) is 19.5 Å². The van der Waals surface area contributed by atoms with Crippen molar-refractivity contribution in [2.75, 3.05) is 11.3 Å². The Morgan fingerprint density at radius 3 is 2.48 bits per heavy atom. The van der Waals surface area contributed by atoms with Crippen LogP contribution < -0.4 is 9.46 Å². The van der Waals surface area contributed by atoms with E-state index in [0.29, 0.717) is 23.4 Å². The van der Waals surface area contributed by atoms with Crippen LogP contribution in [0.2, 0.25) is 0 Å². The molecule has 0 saturated heterocycles. The van der Waals surface area contributed by atoms with Crippen LogP contribution in [-0.4, -0.2) is 20.0 Å². The average Bonchev–Trinajstić information content (AvgIpc) is 2.81. The Labute approximate surface area is 129 Å². The first-order valence-corrected chi connectivity index (χ1v) is 8.91. The molecule has 0 aliphatic carbocycles. The fourth-order valence-corrected chi connectivity index (χ4v) is 3.49. The van der Waals surface area contributed by atoms with E-state index in [9.17, 15) is 8.42 Å². The second-order valence-electron chi connectivity index (χ2n) is 5.08. The van der Waals surface area contributed by atoms with Crippen molar-refractivity contribution in [3.05, 3.63) is 35.3 Å². The Morgan fingerprint density at radius 1 is 1.29 bits per heavy atom. The van der Waals surface area contributed by atoms with Crippen LogP contribution in [0.4, 0.5) is 5.13 Å². The molecule has 1 N–H and O–H groups in total. The molecule has 1 aromatic heterocycles. The maximum absolute atomic E-state index is 12.2. The molecule has 0 aliphatic rings. The molecular weight excluding hydrogens is 308 g/mol. The van der Waals surface area contributed by atoms with Gasteiger partial charge >= 0.3 is 0 Å². The number of aryl methyl sites for hydroxylation is 1. The molecule has 0 unspecified atom stereocenters. The molecule has 1 aromatic carbocycles. The van der Waals surface area contributed by atoms with Gasteiger partial charge in [-0.15, -0.1) is 11.3 Å². The fourth-order valence-electron chi connectivity index (χ4n) is 1.55. The zero-order valence-electron chi connectivity index (χ0n) is 12.2. The Hall–Kier alpha value is -1.60. The number of hydrogen-bond donors (Lipinski definition) is 1. The first-order valence-electron chi connectivity index (χ1n) is 6.54. The van der Waals surface area contributed by atoms with Crippen LogP contribution in [0.3, 0.4) is 0 Å². The van der Waals surface area contributed by atoms with Crippen LogP contribution in [0, 0.1) is 12.8 Å². The third-order valence-electron chi connectivity index (χ3n) is 2.56. The minimum atomic E-state index is -3.61. The standard InChI is InChI=1S/C14H18N2O3S2/c1-10(2)8-19-12-4-6-13(7-5-12)21(17,18)16-14-15-11(3)9-20-14/h4-7,9-10H,8H2,1-3H3,(H,15,16). The van der Waals surface area contributed by atoms with E-state index in [1.54, 1.807) is 17.5 Å². The molecule has 0 amide bonds. The smallest absolute Gasteiger partial charge is 0.263 e. The van der Waals surface area contributed by atoms with Crippen LogP contribution in [0.5, 0.6) is 5.75 Å². The highest BCUT2D eigenvalue weighted by atomic mass is 32.2. The molecule has 0 spiro atoms. The molecule has 0 saturated carbocycles. The maximum atomic E-state index is 12.2. The molecule has 21 heavy (non-hydrogen) atoms. The monoisotopic (exact) mass is 326 g/mol. The van der Waals surface area contributed by atoms with E-state index in [4.69, 9.17) is 4.74 Å². The number of aromatic nitrogens is 1. The van der Waals surface area contributed by atoms with Crippen molar-refractivity contribution in [3.63, 3.8) is 0 Å². The van der Waals surface area contributed by atoms with Gasteiger partial charge in [-0.05, 0) is 37.1 Å². The summed E-state index contributed by atoms with van der Waals surface area (Å²) in [5, 5.41) is 2.16. The van der Waals surface area contributed by atoms with E-state index in [-0.39, 0.29) is 4.90 Å². The van der Waals surface area contributed by atoms with Crippen molar-refractivity contribution in [2.45, 2.75) is 25.7 Å². The normalized spacial score (nSPS) is 11.6. The van der Waals surface area contributed by atoms with Crippen molar-refractivity contribution < 1.29 is 13.2 Å². The highest BCUT2D eigenvalue weighted by Crippen LogP contribution is 2.21. The molecule has 7 heteroatoms. The van der Waals surface area contributed by atoms with Gasteiger partial charge in [0.2, 0.25) is 0 Å². The van der Waals surface area contributed by atoms with E-state index in [0.717, 1.165) is 5.69 Å². The van der Waals surface area contributed by atoms with Gasteiger partial charge in [0.15, 0.2) is 5.13 Å². The van der Waals surface area contributed by atoms with Gasteiger partial charge in [0.05, 0.1) is 17.2 Å². The topological polar surface area (TPSA) is 68.3 Å². The number of thiazole rings is 1. The van der Waals surface area contributed by atoms with Gasteiger partial charge in [0.1, 0.15) is 5.75 Å². The number of nitrogens with one attached hydrogen (secondary N) is 1. The van der Waals surface area contributed by atoms with E-state index in [1.165, 1.54) is 23.5 Å². The predicted octanol–water partition coefficient (Wildman–Crippen LogP) is 3.29. The third kappa shape index (κ3) is 4.44. The number of rotatable bonds is 6. The van der Waals surface area contributed by atoms with E-state index >= 15 is 0 Å². The molecule has 0 atom stereocenters. The number of anilines is 1. The summed E-state index contributed by atoms with van der Waals surface area (Å²) in [6, 6.07) is 6.37. The molecule has 0 radical (unpaired) electrons. The minimum absolute atomic E-state index is 0.187. The lowest BCUT2D eigenvalue weighted by molar-refractivity contribution is 0.271. The Balaban J connectivity index is 2.09. The fraction of sp³-hybridized carbons (Fsp3) is 0.357. The Morgan fingerprint density at radius 2 is 1.95 bits per heavy atom. The predicted molar refractivity (Wildman–Crippen MR) is 84.4 cm³/mol. The lowest BCUT2D eigenvalue weighted by Gasteiger charge is -2.09. The highest BCUT2D eigenvalue weighted by Gasteiger charge is 2.15. The van der Waals surface area contributed by atoms with E-state index < -0.39 is 10.0 Å². The van der Waals surface area contributed by atoms with Gasteiger partial charge in [0, 0.05) is 5.38 Å². The van der Waals surface area contributed by atoms with Crippen molar-refractivity contribution in [1.82, 2.24) is 4.98 Å². The summed E-state index contributed by atoms with van der Waals surface area (Å²) >= 11 is 1.26. The largest absolute Gasteiger partial charge is 0.493 e. The van der Waals surface area contributed by atoms with Crippen molar-refractivity contribution in [3.8, 4) is 5.75 Å². The second-order valence-corrected chi connectivity index (χ2v) is 7.62. The van der Waals surface area contributed by atoms with Crippen molar-refractivity contribution in [2.24, 2.45) is 5.92 Å². The third-order valence-corrected chi connectivity index (χ3v) is 4.92. The summed E-state index contributed by atoms with van der Waals surface area (Å²) < 4.78 is 32.4.